The maximum absolute atomic E-state index is 11.8. The summed E-state index contributed by atoms with van der Waals surface area (Å²) in [5, 5.41) is 12.4. The number of guanidine groups is 1. The van der Waals surface area contributed by atoms with E-state index in [0.29, 0.717) is 5.96 Å². The lowest BCUT2D eigenvalue weighted by atomic mass is 10.1. The standard InChI is InChI=1S/C15H27N5OS.HI/c1-6-16-14(18-9-13(21)20-15(3,4)5)17-8-7-12-10-22-11(2)19-12;/h10H,6-9H2,1-5H3,(H,20,21)(H2,16,17,18);1H. The summed E-state index contributed by atoms with van der Waals surface area (Å²) in [6.45, 7) is 11.5. The van der Waals surface area contributed by atoms with Gasteiger partial charge in [0.25, 0.3) is 0 Å². The Kier molecular flexibility index (Phi) is 10.4. The first-order valence-corrected chi connectivity index (χ1v) is 8.42. The first-order chi connectivity index (χ1) is 10.3. The lowest BCUT2D eigenvalue weighted by Gasteiger charge is -2.20. The van der Waals surface area contributed by atoms with Crippen molar-refractivity contribution < 1.29 is 4.79 Å². The van der Waals surface area contributed by atoms with E-state index in [0.717, 1.165) is 30.2 Å². The molecule has 0 saturated carbocycles. The van der Waals surface area contributed by atoms with Crippen LogP contribution in [0.4, 0.5) is 0 Å². The van der Waals surface area contributed by atoms with Crippen LogP contribution >= 0.6 is 35.3 Å². The number of thiazole rings is 1. The first-order valence-electron chi connectivity index (χ1n) is 7.54. The van der Waals surface area contributed by atoms with Crippen LogP contribution in [0.1, 0.15) is 38.4 Å². The molecule has 23 heavy (non-hydrogen) atoms. The molecule has 0 radical (unpaired) electrons. The van der Waals surface area contributed by atoms with Crippen LogP contribution in [0.3, 0.4) is 0 Å². The molecular formula is C15H28IN5OS. The predicted molar refractivity (Wildman–Crippen MR) is 108 cm³/mol. The monoisotopic (exact) mass is 453 g/mol. The molecule has 6 nitrogen and oxygen atoms in total. The molecule has 1 amide bonds. The second kappa shape index (κ2) is 10.8. The average molecular weight is 453 g/mol. The molecule has 0 fully saturated rings. The van der Waals surface area contributed by atoms with E-state index in [4.69, 9.17) is 0 Å². The van der Waals surface area contributed by atoms with Gasteiger partial charge in [0.1, 0.15) is 6.54 Å². The second-order valence-corrected chi connectivity index (χ2v) is 7.09. The fourth-order valence-electron chi connectivity index (χ4n) is 1.78. The minimum absolute atomic E-state index is 0. The fourth-order valence-corrected chi connectivity index (χ4v) is 2.43. The van der Waals surface area contributed by atoms with Crippen LogP contribution in [0.2, 0.25) is 0 Å². The number of aliphatic imine (C=N–C) groups is 1. The van der Waals surface area contributed by atoms with Crippen molar-refractivity contribution in [3.8, 4) is 0 Å². The zero-order chi connectivity index (χ0) is 16.6. The van der Waals surface area contributed by atoms with Crippen LogP contribution in [0.5, 0.6) is 0 Å². The highest BCUT2D eigenvalue weighted by Crippen LogP contribution is 2.07. The lowest BCUT2D eigenvalue weighted by Crippen LogP contribution is -2.43. The molecule has 0 spiro atoms. The molecule has 1 rings (SSSR count). The Morgan fingerprint density at radius 2 is 2.04 bits per heavy atom. The third-order valence-corrected chi connectivity index (χ3v) is 3.40. The molecule has 3 N–H and O–H groups in total. The Bertz CT molecular complexity index is 510. The summed E-state index contributed by atoms with van der Waals surface area (Å²) in [6.07, 6.45) is 0.836. The number of nitrogens with zero attached hydrogens (tertiary/aromatic N) is 2. The highest BCUT2D eigenvalue weighted by molar-refractivity contribution is 14.0. The average Bonchev–Trinajstić information content (AvgIpc) is 2.80. The molecule has 0 atom stereocenters. The Hall–Kier alpha value is -0.900. The van der Waals surface area contributed by atoms with Crippen LogP contribution < -0.4 is 16.0 Å². The Balaban J connectivity index is 0.00000484. The first kappa shape index (κ1) is 22.1. The lowest BCUT2D eigenvalue weighted by molar-refractivity contribution is -0.121. The van der Waals surface area contributed by atoms with Gasteiger partial charge in [-0.3, -0.25) is 4.79 Å². The van der Waals surface area contributed by atoms with Gasteiger partial charge in [-0.15, -0.1) is 35.3 Å². The van der Waals surface area contributed by atoms with Gasteiger partial charge in [0.05, 0.1) is 10.7 Å². The number of carbonyl (C=O) groups excluding carboxylic acids is 1. The van der Waals surface area contributed by atoms with Gasteiger partial charge in [0.15, 0.2) is 5.96 Å². The highest BCUT2D eigenvalue weighted by Gasteiger charge is 2.13. The third kappa shape index (κ3) is 10.5. The summed E-state index contributed by atoms with van der Waals surface area (Å²) < 4.78 is 0. The second-order valence-electron chi connectivity index (χ2n) is 6.03. The molecule has 0 aliphatic rings. The van der Waals surface area contributed by atoms with Crippen molar-refractivity contribution in [3.63, 3.8) is 0 Å². The van der Waals surface area contributed by atoms with Crippen molar-refractivity contribution in [3.05, 3.63) is 16.1 Å². The van der Waals surface area contributed by atoms with Gasteiger partial charge in [0.2, 0.25) is 5.91 Å². The molecule has 1 aromatic heterocycles. The van der Waals surface area contributed by atoms with Gasteiger partial charge in [0, 0.05) is 30.4 Å². The van der Waals surface area contributed by atoms with E-state index in [1.807, 2.05) is 34.6 Å². The number of halogens is 1. The molecule has 132 valence electrons. The molecule has 0 unspecified atom stereocenters. The smallest absolute Gasteiger partial charge is 0.242 e. The van der Waals surface area contributed by atoms with Crippen molar-refractivity contribution in [2.75, 3.05) is 19.6 Å². The molecule has 8 heteroatoms. The van der Waals surface area contributed by atoms with Crippen LogP contribution in [-0.4, -0.2) is 42.0 Å². The number of carbonyl (C=O) groups is 1. The third-order valence-electron chi connectivity index (χ3n) is 2.58. The molecule has 0 saturated heterocycles. The van der Waals surface area contributed by atoms with E-state index < -0.39 is 0 Å². The molecule has 0 aliphatic carbocycles. The maximum Gasteiger partial charge on any atom is 0.242 e. The highest BCUT2D eigenvalue weighted by atomic mass is 127. The SMILES string of the molecule is CCNC(=NCC(=O)NC(C)(C)C)NCCc1csc(C)n1.I. The van der Waals surface area contributed by atoms with Crippen molar-refractivity contribution in [2.45, 2.75) is 46.6 Å². The molecule has 0 bridgehead atoms. The van der Waals surface area contributed by atoms with Gasteiger partial charge >= 0.3 is 0 Å². The summed E-state index contributed by atoms with van der Waals surface area (Å²) in [5.74, 6) is 0.568. The number of aryl methyl sites for hydroxylation is 1. The number of hydrogen-bond acceptors (Lipinski definition) is 4. The number of aromatic nitrogens is 1. The summed E-state index contributed by atoms with van der Waals surface area (Å²) in [4.78, 5) is 20.5. The molecule has 1 aromatic rings. The van der Waals surface area contributed by atoms with Gasteiger partial charge in [-0.1, -0.05) is 0 Å². The predicted octanol–water partition coefficient (Wildman–Crippen LogP) is 2.08. The van der Waals surface area contributed by atoms with Gasteiger partial charge in [-0.05, 0) is 34.6 Å². The van der Waals surface area contributed by atoms with E-state index in [9.17, 15) is 4.79 Å². The zero-order valence-corrected chi connectivity index (χ0v) is 17.7. The van der Waals surface area contributed by atoms with Gasteiger partial charge < -0.3 is 16.0 Å². The Labute approximate surface area is 160 Å². The van der Waals surface area contributed by atoms with Gasteiger partial charge in [-0.25, -0.2) is 9.98 Å². The number of amides is 1. The normalized spacial score (nSPS) is 11.6. The van der Waals surface area contributed by atoms with Crippen LogP contribution in [0, 0.1) is 6.92 Å². The van der Waals surface area contributed by atoms with Crippen LogP contribution in [0.15, 0.2) is 10.4 Å². The topological polar surface area (TPSA) is 78.4 Å². The molecule has 1 heterocycles. The quantitative estimate of drug-likeness (QED) is 0.350. The summed E-state index contributed by atoms with van der Waals surface area (Å²) in [5.41, 5.74) is 0.845. The maximum atomic E-state index is 11.8. The molecule has 0 aromatic carbocycles. The fraction of sp³-hybridized carbons (Fsp3) is 0.667. The zero-order valence-electron chi connectivity index (χ0n) is 14.5. The summed E-state index contributed by atoms with van der Waals surface area (Å²) >= 11 is 1.66. The summed E-state index contributed by atoms with van der Waals surface area (Å²) in [7, 11) is 0. The van der Waals surface area contributed by atoms with E-state index in [1.165, 1.54) is 0 Å². The van der Waals surface area contributed by atoms with Crippen molar-refractivity contribution in [2.24, 2.45) is 4.99 Å². The van der Waals surface area contributed by atoms with E-state index >= 15 is 0 Å². The summed E-state index contributed by atoms with van der Waals surface area (Å²) in [6, 6.07) is 0. The van der Waals surface area contributed by atoms with Gasteiger partial charge in [-0.2, -0.15) is 0 Å². The van der Waals surface area contributed by atoms with E-state index in [1.54, 1.807) is 11.3 Å². The minimum Gasteiger partial charge on any atom is -0.357 e. The minimum atomic E-state index is -0.235. The van der Waals surface area contributed by atoms with Crippen molar-refractivity contribution in [1.29, 1.82) is 0 Å². The number of rotatable bonds is 6. The Morgan fingerprint density at radius 1 is 1.35 bits per heavy atom. The van der Waals surface area contributed by atoms with Crippen LogP contribution in [-0.2, 0) is 11.2 Å². The Morgan fingerprint density at radius 3 is 2.57 bits per heavy atom. The van der Waals surface area contributed by atoms with Crippen molar-refractivity contribution in [1.82, 2.24) is 20.9 Å². The number of nitrogens with one attached hydrogen (secondary N) is 3. The van der Waals surface area contributed by atoms with Crippen LogP contribution in [0.25, 0.3) is 0 Å². The van der Waals surface area contributed by atoms with Crippen molar-refractivity contribution >= 4 is 47.2 Å². The molecule has 0 aliphatic heterocycles. The largest absolute Gasteiger partial charge is 0.357 e. The number of hydrogen-bond donors (Lipinski definition) is 3. The van der Waals surface area contributed by atoms with E-state index in [-0.39, 0.29) is 42.0 Å². The molecular weight excluding hydrogens is 425 g/mol. The van der Waals surface area contributed by atoms with E-state index in [2.05, 4.69) is 31.3 Å².